The Morgan fingerprint density at radius 2 is 1.94 bits per heavy atom. The third-order valence-corrected chi connectivity index (χ3v) is 3.20. The van der Waals surface area contributed by atoms with Gasteiger partial charge in [0.15, 0.2) is 0 Å². The number of benzene rings is 1. The fourth-order valence-electron chi connectivity index (χ4n) is 2.05. The van der Waals surface area contributed by atoms with Crippen LogP contribution in [0.2, 0.25) is 0 Å². The van der Waals surface area contributed by atoms with E-state index in [1.54, 1.807) is 7.11 Å². The van der Waals surface area contributed by atoms with Crippen molar-refractivity contribution in [2.24, 2.45) is 0 Å². The molecule has 0 saturated carbocycles. The predicted molar refractivity (Wildman–Crippen MR) is 78.6 cm³/mol. The van der Waals surface area contributed by atoms with Gasteiger partial charge in [-0.25, -0.2) is 0 Å². The summed E-state index contributed by atoms with van der Waals surface area (Å²) in [5.41, 5.74) is 1.24. The zero-order valence-electron chi connectivity index (χ0n) is 12.1. The number of methoxy groups -OCH3 is 1. The van der Waals surface area contributed by atoms with E-state index in [4.69, 9.17) is 4.74 Å². The molecule has 0 bridgehead atoms. The van der Waals surface area contributed by atoms with Gasteiger partial charge in [-0.2, -0.15) is 0 Å². The lowest BCUT2D eigenvalue weighted by molar-refractivity contribution is 0.415. The second-order valence-electron chi connectivity index (χ2n) is 4.72. The molecule has 3 heteroatoms. The Morgan fingerprint density at radius 1 is 1.28 bits per heavy atom. The highest BCUT2D eigenvalue weighted by Gasteiger charge is 2.03. The summed E-state index contributed by atoms with van der Waals surface area (Å²) >= 11 is 0. The van der Waals surface area contributed by atoms with Gasteiger partial charge in [0.1, 0.15) is 5.75 Å². The number of ether oxygens (including phenoxy) is 1. The van der Waals surface area contributed by atoms with Crippen molar-refractivity contribution < 1.29 is 4.74 Å². The maximum Gasteiger partial charge on any atom is 0.119 e. The molecule has 0 saturated heterocycles. The largest absolute Gasteiger partial charge is 0.497 e. The third kappa shape index (κ3) is 4.96. The van der Waals surface area contributed by atoms with E-state index >= 15 is 0 Å². The van der Waals surface area contributed by atoms with E-state index in [9.17, 15) is 0 Å². The van der Waals surface area contributed by atoms with Crippen LogP contribution < -0.4 is 15.0 Å². The Kier molecular flexibility index (Phi) is 6.58. The molecule has 1 rings (SSSR count). The molecule has 0 aliphatic carbocycles. The fraction of sp³-hybridized carbons (Fsp3) is 0.600. The summed E-state index contributed by atoms with van der Waals surface area (Å²) in [6.07, 6.45) is 2.42. The molecule has 1 N–H and O–H groups in total. The van der Waals surface area contributed by atoms with Gasteiger partial charge in [-0.1, -0.05) is 6.92 Å². The summed E-state index contributed by atoms with van der Waals surface area (Å²) < 4.78 is 5.16. The third-order valence-electron chi connectivity index (χ3n) is 3.20. The molecule has 0 amide bonds. The Balaban J connectivity index is 2.33. The molecule has 0 aliphatic rings. The van der Waals surface area contributed by atoms with Gasteiger partial charge in [-0.15, -0.1) is 0 Å². The molecule has 1 aromatic carbocycles. The van der Waals surface area contributed by atoms with Gasteiger partial charge in [-0.05, 0) is 50.6 Å². The average molecular weight is 250 g/mol. The van der Waals surface area contributed by atoms with Crippen LogP contribution in [0, 0.1) is 0 Å². The maximum atomic E-state index is 5.16. The van der Waals surface area contributed by atoms with Crippen LogP contribution in [0.15, 0.2) is 24.3 Å². The minimum absolute atomic E-state index is 0.610. The van der Waals surface area contributed by atoms with Crippen molar-refractivity contribution in [1.29, 1.82) is 0 Å². The van der Waals surface area contributed by atoms with E-state index in [1.807, 2.05) is 12.1 Å². The van der Waals surface area contributed by atoms with E-state index in [2.05, 4.69) is 43.2 Å². The van der Waals surface area contributed by atoms with Crippen molar-refractivity contribution in [2.45, 2.75) is 32.7 Å². The Bertz CT molecular complexity index is 324. The predicted octanol–water partition coefficient (Wildman–Crippen LogP) is 2.91. The van der Waals surface area contributed by atoms with Gasteiger partial charge in [0.2, 0.25) is 0 Å². The first-order valence-corrected chi connectivity index (χ1v) is 6.76. The van der Waals surface area contributed by atoms with Gasteiger partial charge in [0.25, 0.3) is 0 Å². The molecule has 1 atom stereocenters. The molecule has 102 valence electrons. The SMILES string of the molecule is CCNC(C)CCCN(C)c1ccc(OC)cc1. The standard InChI is InChI=1S/C15H26N2O/c1-5-16-13(2)7-6-12-17(3)14-8-10-15(18-4)11-9-14/h8-11,13,16H,5-7,12H2,1-4H3. The highest BCUT2D eigenvalue weighted by atomic mass is 16.5. The van der Waals surface area contributed by atoms with Gasteiger partial charge in [0, 0.05) is 25.3 Å². The van der Waals surface area contributed by atoms with Crippen molar-refractivity contribution in [1.82, 2.24) is 5.32 Å². The molecule has 1 unspecified atom stereocenters. The first kappa shape index (κ1) is 14.8. The zero-order chi connectivity index (χ0) is 13.4. The fourth-order valence-corrected chi connectivity index (χ4v) is 2.05. The Labute approximate surface area is 111 Å². The molecular weight excluding hydrogens is 224 g/mol. The van der Waals surface area contributed by atoms with Crippen LogP contribution in [-0.4, -0.2) is 33.3 Å². The van der Waals surface area contributed by atoms with Crippen LogP contribution in [0.5, 0.6) is 5.75 Å². The van der Waals surface area contributed by atoms with Crippen molar-refractivity contribution in [3.8, 4) is 5.75 Å². The van der Waals surface area contributed by atoms with E-state index in [0.29, 0.717) is 6.04 Å². The number of anilines is 1. The second-order valence-corrected chi connectivity index (χ2v) is 4.72. The summed E-state index contributed by atoms with van der Waals surface area (Å²) in [6, 6.07) is 8.83. The minimum Gasteiger partial charge on any atom is -0.497 e. The summed E-state index contributed by atoms with van der Waals surface area (Å²) in [5.74, 6) is 0.910. The summed E-state index contributed by atoms with van der Waals surface area (Å²) in [5, 5.41) is 3.44. The summed E-state index contributed by atoms with van der Waals surface area (Å²) in [6.45, 7) is 6.54. The van der Waals surface area contributed by atoms with Crippen LogP contribution in [0.1, 0.15) is 26.7 Å². The first-order chi connectivity index (χ1) is 8.67. The molecule has 0 spiro atoms. The lowest BCUT2D eigenvalue weighted by atomic mass is 10.1. The summed E-state index contributed by atoms with van der Waals surface area (Å²) in [4.78, 5) is 2.29. The van der Waals surface area contributed by atoms with Crippen LogP contribution in [-0.2, 0) is 0 Å². The molecule has 0 fully saturated rings. The van der Waals surface area contributed by atoms with Crippen LogP contribution in [0.25, 0.3) is 0 Å². The number of nitrogens with zero attached hydrogens (tertiary/aromatic N) is 1. The van der Waals surface area contributed by atoms with Crippen molar-refractivity contribution in [2.75, 3.05) is 32.1 Å². The maximum absolute atomic E-state index is 5.16. The molecule has 1 aromatic rings. The zero-order valence-corrected chi connectivity index (χ0v) is 12.1. The normalized spacial score (nSPS) is 12.2. The van der Waals surface area contributed by atoms with Gasteiger partial charge < -0.3 is 15.0 Å². The van der Waals surface area contributed by atoms with Gasteiger partial charge in [0.05, 0.1) is 7.11 Å². The monoisotopic (exact) mass is 250 g/mol. The number of hydrogen-bond donors (Lipinski definition) is 1. The lowest BCUT2D eigenvalue weighted by Gasteiger charge is -2.20. The number of hydrogen-bond acceptors (Lipinski definition) is 3. The average Bonchev–Trinajstić information content (AvgIpc) is 2.39. The highest BCUT2D eigenvalue weighted by molar-refractivity contribution is 5.48. The van der Waals surface area contributed by atoms with Crippen molar-refractivity contribution in [3.63, 3.8) is 0 Å². The molecular formula is C15H26N2O. The van der Waals surface area contributed by atoms with Crippen LogP contribution >= 0.6 is 0 Å². The lowest BCUT2D eigenvalue weighted by Crippen LogP contribution is -2.27. The van der Waals surface area contributed by atoms with E-state index in [-0.39, 0.29) is 0 Å². The number of nitrogens with one attached hydrogen (secondary N) is 1. The second kappa shape index (κ2) is 7.98. The molecule has 0 heterocycles. The van der Waals surface area contributed by atoms with Crippen LogP contribution in [0.4, 0.5) is 5.69 Å². The van der Waals surface area contributed by atoms with Gasteiger partial charge >= 0.3 is 0 Å². The highest BCUT2D eigenvalue weighted by Crippen LogP contribution is 2.18. The number of rotatable bonds is 8. The Hall–Kier alpha value is -1.22. The van der Waals surface area contributed by atoms with Crippen molar-refractivity contribution in [3.05, 3.63) is 24.3 Å². The van der Waals surface area contributed by atoms with E-state index < -0.39 is 0 Å². The molecule has 0 aromatic heterocycles. The molecule has 0 radical (unpaired) electrons. The Morgan fingerprint density at radius 3 is 2.50 bits per heavy atom. The van der Waals surface area contributed by atoms with Gasteiger partial charge in [-0.3, -0.25) is 0 Å². The first-order valence-electron chi connectivity index (χ1n) is 6.76. The quantitative estimate of drug-likeness (QED) is 0.768. The van der Waals surface area contributed by atoms with Crippen LogP contribution in [0.3, 0.4) is 0 Å². The smallest absolute Gasteiger partial charge is 0.119 e. The van der Waals surface area contributed by atoms with E-state index in [0.717, 1.165) is 18.8 Å². The molecule has 0 aliphatic heterocycles. The van der Waals surface area contributed by atoms with Crippen molar-refractivity contribution >= 4 is 5.69 Å². The molecule has 3 nitrogen and oxygen atoms in total. The van der Waals surface area contributed by atoms with E-state index in [1.165, 1.54) is 18.5 Å². The topological polar surface area (TPSA) is 24.5 Å². The molecule has 18 heavy (non-hydrogen) atoms. The minimum atomic E-state index is 0.610. The summed E-state index contributed by atoms with van der Waals surface area (Å²) in [7, 11) is 3.83.